The summed E-state index contributed by atoms with van der Waals surface area (Å²) < 4.78 is 0. The van der Waals surface area contributed by atoms with E-state index in [0.717, 1.165) is 19.3 Å². The van der Waals surface area contributed by atoms with Gasteiger partial charge in [0.2, 0.25) is 0 Å². The minimum Gasteiger partial charge on any atom is -0.396 e. The first-order valence-corrected chi connectivity index (χ1v) is 4.37. The van der Waals surface area contributed by atoms with Gasteiger partial charge in [-0.15, -0.1) is 6.58 Å². The van der Waals surface area contributed by atoms with E-state index in [2.05, 4.69) is 12.6 Å². The Morgan fingerprint density at radius 3 is 2.58 bits per heavy atom. The minimum absolute atomic E-state index is 0.0958. The SMILES string of the molecule is C=CCCC(C#N)(CC)CCO. The van der Waals surface area contributed by atoms with E-state index >= 15 is 0 Å². The molecular formula is C10H17NO. The predicted molar refractivity (Wildman–Crippen MR) is 49.5 cm³/mol. The van der Waals surface area contributed by atoms with Crippen molar-refractivity contribution in [2.24, 2.45) is 5.41 Å². The molecule has 0 aliphatic carbocycles. The average molecular weight is 167 g/mol. The zero-order chi connectivity index (χ0) is 9.45. The number of allylic oxidation sites excluding steroid dienone is 1. The second kappa shape index (κ2) is 5.79. The molecule has 0 heterocycles. The molecule has 0 aliphatic heterocycles. The topological polar surface area (TPSA) is 44.0 Å². The van der Waals surface area contributed by atoms with Crippen LogP contribution in [0.15, 0.2) is 12.7 Å². The van der Waals surface area contributed by atoms with Crippen LogP contribution in [0.25, 0.3) is 0 Å². The third-order valence-corrected chi connectivity index (χ3v) is 2.33. The summed E-state index contributed by atoms with van der Waals surface area (Å²) in [4.78, 5) is 0. The van der Waals surface area contributed by atoms with Crippen LogP contribution in [0.3, 0.4) is 0 Å². The van der Waals surface area contributed by atoms with E-state index in [1.165, 1.54) is 0 Å². The van der Waals surface area contributed by atoms with Gasteiger partial charge in [0.05, 0.1) is 11.5 Å². The first kappa shape index (κ1) is 11.2. The fraction of sp³-hybridized carbons (Fsp3) is 0.700. The molecule has 0 aromatic carbocycles. The fourth-order valence-corrected chi connectivity index (χ4v) is 1.26. The second-order valence-corrected chi connectivity index (χ2v) is 3.05. The molecule has 12 heavy (non-hydrogen) atoms. The van der Waals surface area contributed by atoms with Crippen molar-refractivity contribution in [3.63, 3.8) is 0 Å². The number of nitrogens with zero attached hydrogens (tertiary/aromatic N) is 1. The molecule has 1 atom stereocenters. The Morgan fingerprint density at radius 2 is 2.25 bits per heavy atom. The van der Waals surface area contributed by atoms with Gasteiger partial charge in [0, 0.05) is 6.61 Å². The van der Waals surface area contributed by atoms with Gasteiger partial charge in [0.15, 0.2) is 0 Å². The molecule has 1 unspecified atom stereocenters. The normalized spacial score (nSPS) is 14.8. The molecule has 1 N–H and O–H groups in total. The van der Waals surface area contributed by atoms with Crippen LogP contribution in [0.4, 0.5) is 0 Å². The largest absolute Gasteiger partial charge is 0.396 e. The number of nitriles is 1. The minimum atomic E-state index is -0.330. The highest BCUT2D eigenvalue weighted by molar-refractivity contribution is 4.98. The van der Waals surface area contributed by atoms with Gasteiger partial charge in [-0.25, -0.2) is 0 Å². The average Bonchev–Trinajstić information content (AvgIpc) is 2.13. The van der Waals surface area contributed by atoms with Crippen molar-refractivity contribution < 1.29 is 5.11 Å². The Balaban J connectivity index is 4.16. The van der Waals surface area contributed by atoms with E-state index < -0.39 is 0 Å². The lowest BCUT2D eigenvalue weighted by atomic mass is 9.79. The predicted octanol–water partition coefficient (Wildman–Crippen LogP) is 2.25. The number of rotatable bonds is 6. The lowest BCUT2D eigenvalue weighted by Gasteiger charge is -2.23. The first-order valence-electron chi connectivity index (χ1n) is 4.37. The molecule has 0 spiro atoms. The summed E-state index contributed by atoms with van der Waals surface area (Å²) in [6, 6.07) is 2.29. The maximum atomic E-state index is 8.94. The summed E-state index contributed by atoms with van der Waals surface area (Å²) in [6.45, 7) is 5.70. The monoisotopic (exact) mass is 167 g/mol. The van der Waals surface area contributed by atoms with Gasteiger partial charge in [-0.3, -0.25) is 0 Å². The van der Waals surface area contributed by atoms with E-state index in [-0.39, 0.29) is 12.0 Å². The molecule has 2 heteroatoms. The molecule has 0 amide bonds. The van der Waals surface area contributed by atoms with E-state index in [0.29, 0.717) is 6.42 Å². The van der Waals surface area contributed by atoms with Crippen molar-refractivity contribution in [3.05, 3.63) is 12.7 Å². The van der Waals surface area contributed by atoms with Gasteiger partial charge < -0.3 is 5.11 Å². The first-order chi connectivity index (χ1) is 5.74. The Morgan fingerprint density at radius 1 is 1.58 bits per heavy atom. The van der Waals surface area contributed by atoms with Gasteiger partial charge in [0.25, 0.3) is 0 Å². The fourth-order valence-electron chi connectivity index (χ4n) is 1.26. The quantitative estimate of drug-likeness (QED) is 0.617. The molecule has 0 rings (SSSR count). The number of hydrogen-bond acceptors (Lipinski definition) is 2. The van der Waals surface area contributed by atoms with Crippen molar-refractivity contribution in [2.45, 2.75) is 32.6 Å². The lowest BCUT2D eigenvalue weighted by molar-refractivity contribution is 0.211. The summed E-state index contributed by atoms with van der Waals surface area (Å²) in [7, 11) is 0. The third-order valence-electron chi connectivity index (χ3n) is 2.33. The molecule has 0 radical (unpaired) electrons. The summed E-state index contributed by atoms with van der Waals surface area (Å²) in [5, 5.41) is 17.7. The Kier molecular flexibility index (Phi) is 5.40. The number of aliphatic hydroxyl groups excluding tert-OH is 1. The zero-order valence-electron chi connectivity index (χ0n) is 7.71. The molecule has 68 valence electrons. The summed E-state index contributed by atoms with van der Waals surface area (Å²) in [5.74, 6) is 0. The van der Waals surface area contributed by atoms with Gasteiger partial charge in [-0.1, -0.05) is 13.0 Å². The smallest absolute Gasteiger partial charge is 0.0690 e. The molecule has 0 aliphatic rings. The maximum absolute atomic E-state index is 8.94. The van der Waals surface area contributed by atoms with Crippen molar-refractivity contribution in [1.29, 1.82) is 5.26 Å². The van der Waals surface area contributed by atoms with E-state index in [1.54, 1.807) is 0 Å². The van der Waals surface area contributed by atoms with Crippen molar-refractivity contribution in [2.75, 3.05) is 6.61 Å². The van der Waals surface area contributed by atoms with Crippen LogP contribution in [-0.4, -0.2) is 11.7 Å². The van der Waals surface area contributed by atoms with Gasteiger partial charge in [0.1, 0.15) is 0 Å². The van der Waals surface area contributed by atoms with Gasteiger partial charge >= 0.3 is 0 Å². The van der Waals surface area contributed by atoms with Crippen LogP contribution in [0.2, 0.25) is 0 Å². The summed E-state index contributed by atoms with van der Waals surface area (Å²) >= 11 is 0. The van der Waals surface area contributed by atoms with Crippen molar-refractivity contribution in [3.8, 4) is 6.07 Å². The zero-order valence-corrected chi connectivity index (χ0v) is 7.71. The van der Waals surface area contributed by atoms with Crippen LogP contribution in [0.5, 0.6) is 0 Å². The molecule has 0 aromatic heterocycles. The highest BCUT2D eigenvalue weighted by atomic mass is 16.3. The molecule has 2 nitrogen and oxygen atoms in total. The van der Waals surface area contributed by atoms with E-state index in [9.17, 15) is 0 Å². The highest BCUT2D eigenvalue weighted by Crippen LogP contribution is 2.30. The highest BCUT2D eigenvalue weighted by Gasteiger charge is 2.25. The van der Waals surface area contributed by atoms with Crippen LogP contribution < -0.4 is 0 Å². The lowest BCUT2D eigenvalue weighted by Crippen LogP contribution is -2.18. The van der Waals surface area contributed by atoms with Gasteiger partial charge in [-0.2, -0.15) is 5.26 Å². The standard InChI is InChI=1S/C10H17NO/c1-3-5-6-10(4-2,9-11)7-8-12/h3,12H,1,4-8H2,2H3. The third kappa shape index (κ3) is 3.06. The van der Waals surface area contributed by atoms with Gasteiger partial charge in [-0.05, 0) is 25.7 Å². The van der Waals surface area contributed by atoms with E-state index in [1.807, 2.05) is 13.0 Å². The molecule has 0 fully saturated rings. The number of hydrogen-bond donors (Lipinski definition) is 1. The Bertz CT molecular complexity index is 171. The van der Waals surface area contributed by atoms with Crippen molar-refractivity contribution >= 4 is 0 Å². The van der Waals surface area contributed by atoms with Crippen molar-refractivity contribution in [1.82, 2.24) is 0 Å². The second-order valence-electron chi connectivity index (χ2n) is 3.05. The summed E-state index contributed by atoms with van der Waals surface area (Å²) in [6.07, 6.45) is 4.86. The molecule has 0 bridgehead atoms. The van der Waals surface area contributed by atoms with Crippen LogP contribution >= 0.6 is 0 Å². The Labute approximate surface area is 74.5 Å². The molecule has 0 aromatic rings. The molecule has 0 saturated carbocycles. The Hall–Kier alpha value is -0.810. The summed E-state index contributed by atoms with van der Waals surface area (Å²) in [5.41, 5.74) is -0.330. The van der Waals surface area contributed by atoms with Crippen LogP contribution in [0.1, 0.15) is 32.6 Å². The molecule has 0 saturated heterocycles. The number of aliphatic hydroxyl groups is 1. The maximum Gasteiger partial charge on any atom is 0.0690 e. The van der Waals surface area contributed by atoms with E-state index in [4.69, 9.17) is 10.4 Å². The van der Waals surface area contributed by atoms with Crippen LogP contribution in [0, 0.1) is 16.7 Å². The molecular weight excluding hydrogens is 150 g/mol. The van der Waals surface area contributed by atoms with Crippen LogP contribution in [-0.2, 0) is 0 Å².